The third kappa shape index (κ3) is 16.2. The van der Waals surface area contributed by atoms with Crippen molar-refractivity contribution < 1.29 is 33.6 Å². The summed E-state index contributed by atoms with van der Waals surface area (Å²) in [5.41, 5.74) is 21.7. The summed E-state index contributed by atoms with van der Waals surface area (Å²) in [5, 5.41) is 25.4. The van der Waals surface area contributed by atoms with Gasteiger partial charge in [-0.25, -0.2) is 0 Å². The standard InChI is InChI=1S/C54H66N10O6S/c1-63-46-26-12-13-27-47(46)71-49(63)36-39-29-33-64(45-25-11-10-22-40(39)45)32-16-4-9-28-48(65)59-43(34-37-18-5-2-6-19-37)51(67)60-41(24-17-31-58-54(56)57)50(66)62-44(35-38-20-7-3-8-21-38)52(68)61-42(53(69)70)23-14-15-30-55/h2-3,5-8,10-13,18-22,25-27,29,33,36,41-44H,4,9,14-17,23-24,28,30-32,34-35,55H2,1H3,(H8-,56,57,58,59,60,61,62,65,66,67,68,69,70)/t41-,42+,43+,44+/m1/s1. The van der Waals surface area contributed by atoms with Gasteiger partial charge in [-0.2, -0.15) is 4.57 Å². The molecule has 6 rings (SSSR count). The smallest absolute Gasteiger partial charge is 0.243 e. The van der Waals surface area contributed by atoms with Crippen LogP contribution in [0.4, 0.5) is 5.69 Å². The first-order valence-corrected chi connectivity index (χ1v) is 25.1. The second-order valence-electron chi connectivity index (χ2n) is 17.6. The first-order valence-electron chi connectivity index (χ1n) is 24.3. The van der Waals surface area contributed by atoms with Crippen LogP contribution in [-0.4, -0.2) is 79.9 Å². The van der Waals surface area contributed by atoms with Crippen molar-refractivity contribution in [3.05, 3.63) is 143 Å². The molecule has 0 fully saturated rings. The summed E-state index contributed by atoms with van der Waals surface area (Å²) in [4.78, 5) is 75.4. The van der Waals surface area contributed by atoms with Gasteiger partial charge in [-0.05, 0) is 92.5 Å². The number of amides is 4. The second-order valence-corrected chi connectivity index (χ2v) is 18.7. The number of benzene rings is 4. The average molecular weight is 983 g/mol. The molecule has 374 valence electrons. The third-order valence-electron chi connectivity index (χ3n) is 12.3. The van der Waals surface area contributed by atoms with Crippen LogP contribution in [0.2, 0.25) is 0 Å². The van der Waals surface area contributed by atoms with Crippen LogP contribution < -0.4 is 53.0 Å². The van der Waals surface area contributed by atoms with Crippen LogP contribution in [0.25, 0.3) is 17.0 Å². The number of hydrogen-bond donors (Lipinski definition) is 7. The molecule has 0 radical (unpaired) electrons. The molecule has 17 heteroatoms. The van der Waals surface area contributed by atoms with Gasteiger partial charge in [-0.3, -0.25) is 24.2 Å². The molecule has 4 atom stereocenters. The zero-order chi connectivity index (χ0) is 50.5. The number of aromatic nitrogens is 1. The second kappa shape index (κ2) is 27.2. The number of para-hydroxylation sites is 2. The zero-order valence-electron chi connectivity index (χ0n) is 40.3. The molecule has 0 saturated carbocycles. The number of thioether (sulfide) groups is 1. The highest BCUT2D eigenvalue weighted by molar-refractivity contribution is 8.03. The number of aliphatic imine (C=N–C) groups is 1. The molecule has 0 aliphatic carbocycles. The topological polar surface area (TPSA) is 254 Å². The van der Waals surface area contributed by atoms with E-state index in [1.54, 1.807) is 36.0 Å². The van der Waals surface area contributed by atoms with Crippen molar-refractivity contribution in [2.75, 3.05) is 25.0 Å². The van der Waals surface area contributed by atoms with E-state index in [1.807, 2.05) is 42.5 Å². The van der Waals surface area contributed by atoms with Gasteiger partial charge in [0.2, 0.25) is 29.1 Å². The summed E-state index contributed by atoms with van der Waals surface area (Å²) in [5.74, 6) is -3.94. The average Bonchev–Trinajstić information content (AvgIpc) is 3.68. The summed E-state index contributed by atoms with van der Waals surface area (Å²) < 4.78 is 2.24. The predicted molar refractivity (Wildman–Crippen MR) is 277 cm³/mol. The van der Waals surface area contributed by atoms with E-state index in [-0.39, 0.29) is 56.9 Å². The Morgan fingerprint density at radius 3 is 1.93 bits per heavy atom. The monoisotopic (exact) mass is 982 g/mol. The number of rotatable bonds is 27. The minimum Gasteiger partial charge on any atom is -0.548 e. The van der Waals surface area contributed by atoms with E-state index in [1.165, 1.54) is 10.6 Å². The summed E-state index contributed by atoms with van der Waals surface area (Å²) in [6, 6.07) is 32.3. The Labute approximate surface area is 419 Å². The highest BCUT2D eigenvalue weighted by atomic mass is 32.2. The molecular formula is C54H66N10O6S. The molecular weight excluding hydrogens is 917 g/mol. The van der Waals surface area contributed by atoms with Crippen LogP contribution in [0.1, 0.15) is 74.5 Å². The van der Waals surface area contributed by atoms with E-state index >= 15 is 0 Å². The number of nitrogens with two attached hydrogens (primary N) is 3. The maximum atomic E-state index is 14.3. The zero-order valence-corrected chi connectivity index (χ0v) is 41.1. The van der Waals surface area contributed by atoms with Crippen LogP contribution in [0, 0.1) is 0 Å². The van der Waals surface area contributed by atoms with Crippen molar-refractivity contribution in [1.29, 1.82) is 0 Å². The van der Waals surface area contributed by atoms with E-state index in [4.69, 9.17) is 17.2 Å². The first-order chi connectivity index (χ1) is 34.4. The number of carbonyl (C=O) groups is 5. The first kappa shape index (κ1) is 53.1. The van der Waals surface area contributed by atoms with Gasteiger partial charge in [-0.15, -0.1) is 0 Å². The number of nitrogens with zero attached hydrogens (tertiary/aromatic N) is 3. The van der Waals surface area contributed by atoms with Crippen LogP contribution in [0.15, 0.2) is 136 Å². The van der Waals surface area contributed by atoms with Gasteiger partial charge in [0.15, 0.2) is 12.2 Å². The minimum atomic E-state index is -1.46. The van der Waals surface area contributed by atoms with Gasteiger partial charge in [-0.1, -0.05) is 96.7 Å². The third-order valence-corrected chi connectivity index (χ3v) is 13.5. The largest absolute Gasteiger partial charge is 0.548 e. The van der Waals surface area contributed by atoms with Crippen LogP contribution in [0.3, 0.4) is 0 Å². The van der Waals surface area contributed by atoms with Gasteiger partial charge in [0, 0.05) is 56.3 Å². The quantitative estimate of drug-likeness (QED) is 0.0173. The Balaban J connectivity index is 1.10. The fraction of sp³-hybridized carbons (Fsp3) is 0.352. The van der Waals surface area contributed by atoms with Crippen molar-refractivity contribution in [3.63, 3.8) is 0 Å². The van der Waals surface area contributed by atoms with E-state index in [0.29, 0.717) is 31.4 Å². The normalized spacial score (nSPS) is 14.2. The molecule has 0 saturated heterocycles. The molecule has 4 amide bonds. The number of fused-ring (bicyclic) bond motifs is 2. The number of pyridine rings is 1. The van der Waals surface area contributed by atoms with Crippen LogP contribution >= 0.6 is 11.8 Å². The Morgan fingerprint density at radius 1 is 0.676 bits per heavy atom. The van der Waals surface area contributed by atoms with Gasteiger partial charge < -0.3 is 53.3 Å². The Morgan fingerprint density at radius 2 is 1.27 bits per heavy atom. The van der Waals surface area contributed by atoms with Crippen molar-refractivity contribution >= 4 is 70.0 Å². The van der Waals surface area contributed by atoms with E-state index in [2.05, 4.69) is 104 Å². The number of carboxylic acid groups (broad SMARTS) is 1. The SMILES string of the molecule is CN1/C(=C/c2cc[n+](CCCCCC(=O)N[C@@H](Cc3ccccc3)C(=O)N[C@H](CCCN=C(N)N)C(=O)N[C@@H](Cc3ccccc3)C(=O)N[C@@H](CCCCN)C(=O)[O-])c3ccccc23)Sc2ccccc21. The molecule has 16 nitrogen and oxygen atoms in total. The summed E-state index contributed by atoms with van der Waals surface area (Å²) in [6.45, 7) is 1.26. The number of unbranched alkanes of at least 4 members (excludes halogenated alkanes) is 3. The summed E-state index contributed by atoms with van der Waals surface area (Å²) in [6.07, 6.45) is 8.31. The van der Waals surface area contributed by atoms with E-state index in [9.17, 15) is 29.1 Å². The van der Waals surface area contributed by atoms with Gasteiger partial charge >= 0.3 is 0 Å². The molecule has 10 N–H and O–H groups in total. The molecule has 0 spiro atoms. The van der Waals surface area contributed by atoms with E-state index in [0.717, 1.165) is 46.4 Å². The number of carbonyl (C=O) groups excluding carboxylic acids is 5. The number of nitrogens with one attached hydrogen (secondary N) is 4. The lowest BCUT2D eigenvalue weighted by molar-refractivity contribution is -0.671. The minimum absolute atomic E-state index is 0.0234. The Bertz CT molecular complexity index is 2650. The lowest BCUT2D eigenvalue weighted by Crippen LogP contribution is -2.59. The fourth-order valence-electron chi connectivity index (χ4n) is 8.47. The highest BCUT2D eigenvalue weighted by Crippen LogP contribution is 2.45. The van der Waals surface area contributed by atoms with Crippen molar-refractivity contribution in [2.45, 2.75) is 106 Å². The van der Waals surface area contributed by atoms with Crippen molar-refractivity contribution in [2.24, 2.45) is 22.2 Å². The molecule has 1 aliphatic rings. The number of guanidine groups is 1. The lowest BCUT2D eigenvalue weighted by Gasteiger charge is -2.27. The van der Waals surface area contributed by atoms with Crippen LogP contribution in [-0.2, 0) is 43.4 Å². The number of hydrogen-bond acceptors (Lipinski definition) is 10. The molecule has 2 heterocycles. The van der Waals surface area contributed by atoms with Gasteiger partial charge in [0.1, 0.15) is 24.7 Å². The molecule has 1 aliphatic heterocycles. The molecule has 4 aromatic carbocycles. The number of anilines is 1. The molecule has 1 aromatic heterocycles. The molecule has 5 aromatic rings. The van der Waals surface area contributed by atoms with Crippen molar-refractivity contribution in [1.82, 2.24) is 21.3 Å². The maximum absolute atomic E-state index is 14.3. The van der Waals surface area contributed by atoms with Crippen LogP contribution in [0.5, 0.6) is 0 Å². The molecule has 0 unspecified atom stereocenters. The van der Waals surface area contributed by atoms with Gasteiger partial charge in [0.05, 0.1) is 28.1 Å². The van der Waals surface area contributed by atoms with E-state index < -0.39 is 47.9 Å². The highest BCUT2D eigenvalue weighted by Gasteiger charge is 2.31. The Hall–Kier alpha value is -7.24. The molecule has 0 bridgehead atoms. The lowest BCUT2D eigenvalue weighted by atomic mass is 10.0. The predicted octanol–water partition coefficient (Wildman–Crippen LogP) is 3.59. The Kier molecular flexibility index (Phi) is 20.4. The number of aryl methyl sites for hydroxylation is 1. The maximum Gasteiger partial charge on any atom is 0.243 e. The number of carboxylic acids is 1. The summed E-state index contributed by atoms with van der Waals surface area (Å²) >= 11 is 1.76. The fourth-order valence-corrected chi connectivity index (χ4v) is 9.57. The van der Waals surface area contributed by atoms with Crippen molar-refractivity contribution in [3.8, 4) is 0 Å². The van der Waals surface area contributed by atoms with Gasteiger partial charge in [0.25, 0.3) is 0 Å². The molecule has 71 heavy (non-hydrogen) atoms. The summed E-state index contributed by atoms with van der Waals surface area (Å²) in [7, 11) is 2.09. The number of aliphatic carboxylic acids is 1.